The zero-order chi connectivity index (χ0) is 10.3. The van der Waals surface area contributed by atoms with Gasteiger partial charge in [0, 0.05) is 6.54 Å². The molecule has 0 bridgehead atoms. The maximum absolute atomic E-state index is 9.07. The summed E-state index contributed by atoms with van der Waals surface area (Å²) in [6.07, 6.45) is 0. The van der Waals surface area contributed by atoms with Crippen molar-refractivity contribution in [3.05, 3.63) is 0 Å². The number of rotatable bonds is 7. The SMILES string of the molecule is CCN(CC)CC(CO)(CO)CO. The van der Waals surface area contributed by atoms with Crippen molar-refractivity contribution in [1.29, 1.82) is 0 Å². The van der Waals surface area contributed by atoms with Crippen LogP contribution in [0.5, 0.6) is 0 Å². The van der Waals surface area contributed by atoms with Crippen LogP contribution in [-0.4, -0.2) is 59.7 Å². The average molecular weight is 191 g/mol. The standard InChI is InChI=1S/C9H21NO3/c1-3-10(4-2)5-9(6-11,7-12)8-13/h11-13H,3-8H2,1-2H3. The highest BCUT2D eigenvalue weighted by Gasteiger charge is 2.29. The lowest BCUT2D eigenvalue weighted by atomic mass is 9.90. The zero-order valence-electron chi connectivity index (χ0n) is 8.53. The molecule has 4 nitrogen and oxygen atoms in total. The minimum absolute atomic E-state index is 0.184. The van der Waals surface area contributed by atoms with E-state index in [1.54, 1.807) is 0 Å². The molecule has 0 rings (SSSR count). The summed E-state index contributed by atoms with van der Waals surface area (Å²) in [5.41, 5.74) is -0.758. The predicted molar refractivity (Wildman–Crippen MR) is 51.5 cm³/mol. The third-order valence-corrected chi connectivity index (χ3v) is 2.46. The maximum Gasteiger partial charge on any atom is 0.0544 e. The van der Waals surface area contributed by atoms with Gasteiger partial charge in [-0.25, -0.2) is 0 Å². The van der Waals surface area contributed by atoms with Crippen molar-refractivity contribution in [2.75, 3.05) is 39.5 Å². The van der Waals surface area contributed by atoms with Gasteiger partial charge in [0.1, 0.15) is 0 Å². The predicted octanol–water partition coefficient (Wildman–Crippen LogP) is -0.708. The van der Waals surface area contributed by atoms with Crippen molar-refractivity contribution in [2.24, 2.45) is 5.41 Å². The van der Waals surface area contributed by atoms with E-state index in [-0.39, 0.29) is 19.8 Å². The molecule has 0 amide bonds. The van der Waals surface area contributed by atoms with Crippen molar-refractivity contribution in [3.8, 4) is 0 Å². The van der Waals surface area contributed by atoms with Gasteiger partial charge in [0.2, 0.25) is 0 Å². The van der Waals surface area contributed by atoms with Crippen molar-refractivity contribution in [2.45, 2.75) is 13.8 Å². The number of aliphatic hydroxyl groups is 3. The largest absolute Gasteiger partial charge is 0.396 e. The first-order chi connectivity index (χ1) is 6.17. The second kappa shape index (κ2) is 6.32. The van der Waals surface area contributed by atoms with Crippen LogP contribution in [0, 0.1) is 5.41 Å². The van der Waals surface area contributed by atoms with Crippen LogP contribution in [0.3, 0.4) is 0 Å². The normalized spacial score (nSPS) is 12.5. The van der Waals surface area contributed by atoms with Crippen molar-refractivity contribution in [1.82, 2.24) is 4.90 Å². The maximum atomic E-state index is 9.07. The van der Waals surface area contributed by atoms with Gasteiger partial charge in [0.05, 0.1) is 25.2 Å². The Kier molecular flexibility index (Phi) is 6.24. The summed E-state index contributed by atoms with van der Waals surface area (Å²) in [6, 6.07) is 0. The Morgan fingerprint density at radius 2 is 1.31 bits per heavy atom. The smallest absolute Gasteiger partial charge is 0.0544 e. The van der Waals surface area contributed by atoms with Gasteiger partial charge in [-0.2, -0.15) is 0 Å². The van der Waals surface area contributed by atoms with Crippen molar-refractivity contribution in [3.63, 3.8) is 0 Å². The number of aliphatic hydroxyl groups excluding tert-OH is 3. The Labute approximate surface area is 79.8 Å². The van der Waals surface area contributed by atoms with Gasteiger partial charge in [-0.1, -0.05) is 13.8 Å². The van der Waals surface area contributed by atoms with Crippen LogP contribution >= 0.6 is 0 Å². The molecule has 0 aliphatic carbocycles. The van der Waals surface area contributed by atoms with E-state index in [0.717, 1.165) is 13.1 Å². The summed E-state index contributed by atoms with van der Waals surface area (Å²) in [4.78, 5) is 2.07. The number of hydrogen-bond donors (Lipinski definition) is 3. The van der Waals surface area contributed by atoms with Crippen LogP contribution in [0.2, 0.25) is 0 Å². The van der Waals surface area contributed by atoms with E-state index in [1.165, 1.54) is 0 Å². The molecular formula is C9H21NO3. The first kappa shape index (κ1) is 12.8. The Morgan fingerprint density at radius 1 is 0.923 bits per heavy atom. The third kappa shape index (κ3) is 3.60. The summed E-state index contributed by atoms with van der Waals surface area (Å²) < 4.78 is 0. The molecule has 13 heavy (non-hydrogen) atoms. The fourth-order valence-electron chi connectivity index (χ4n) is 1.22. The van der Waals surface area contributed by atoms with Crippen molar-refractivity contribution < 1.29 is 15.3 Å². The van der Waals surface area contributed by atoms with Crippen molar-refractivity contribution >= 4 is 0 Å². The highest BCUT2D eigenvalue weighted by Crippen LogP contribution is 2.16. The lowest BCUT2D eigenvalue weighted by Gasteiger charge is -2.33. The van der Waals surface area contributed by atoms with E-state index in [0.29, 0.717) is 6.54 Å². The van der Waals surface area contributed by atoms with Crippen LogP contribution in [0.15, 0.2) is 0 Å². The van der Waals surface area contributed by atoms with Crippen LogP contribution in [0.1, 0.15) is 13.8 Å². The highest BCUT2D eigenvalue weighted by atomic mass is 16.3. The molecule has 4 heteroatoms. The molecule has 80 valence electrons. The Morgan fingerprint density at radius 3 is 1.54 bits per heavy atom. The van der Waals surface area contributed by atoms with Gasteiger partial charge in [-0.05, 0) is 13.1 Å². The summed E-state index contributed by atoms with van der Waals surface area (Å²) in [6.45, 7) is 5.73. The minimum Gasteiger partial charge on any atom is -0.396 e. The Bertz CT molecular complexity index is 114. The van der Waals surface area contributed by atoms with E-state index < -0.39 is 5.41 Å². The molecule has 0 spiro atoms. The highest BCUT2D eigenvalue weighted by molar-refractivity contribution is 4.80. The molecule has 0 aliphatic heterocycles. The van der Waals surface area contributed by atoms with E-state index >= 15 is 0 Å². The number of hydrogen-bond acceptors (Lipinski definition) is 4. The molecule has 0 aromatic carbocycles. The Hall–Kier alpha value is -0.160. The van der Waals surface area contributed by atoms with Crippen LogP contribution < -0.4 is 0 Å². The molecule has 0 saturated carbocycles. The quantitative estimate of drug-likeness (QED) is 0.497. The van der Waals surface area contributed by atoms with E-state index in [9.17, 15) is 0 Å². The van der Waals surface area contributed by atoms with Crippen LogP contribution in [0.25, 0.3) is 0 Å². The second-order valence-corrected chi connectivity index (χ2v) is 3.44. The van der Waals surface area contributed by atoms with Gasteiger partial charge in [0.25, 0.3) is 0 Å². The van der Waals surface area contributed by atoms with Crippen LogP contribution in [0.4, 0.5) is 0 Å². The zero-order valence-corrected chi connectivity index (χ0v) is 8.53. The summed E-state index contributed by atoms with van der Waals surface area (Å²) in [5, 5.41) is 27.2. The average Bonchev–Trinajstić information content (AvgIpc) is 2.21. The lowest BCUT2D eigenvalue weighted by molar-refractivity contribution is -0.0177. The van der Waals surface area contributed by atoms with E-state index in [2.05, 4.69) is 4.90 Å². The van der Waals surface area contributed by atoms with Crippen LogP contribution in [-0.2, 0) is 0 Å². The first-order valence-electron chi connectivity index (χ1n) is 4.73. The van der Waals surface area contributed by atoms with Gasteiger partial charge in [0.15, 0.2) is 0 Å². The molecule has 0 aromatic rings. The molecule has 0 atom stereocenters. The third-order valence-electron chi connectivity index (χ3n) is 2.46. The summed E-state index contributed by atoms with van der Waals surface area (Å²) in [7, 11) is 0. The molecule has 0 unspecified atom stereocenters. The van der Waals surface area contributed by atoms with Gasteiger partial charge in [-0.3, -0.25) is 0 Å². The van der Waals surface area contributed by atoms with E-state index in [4.69, 9.17) is 15.3 Å². The lowest BCUT2D eigenvalue weighted by Crippen LogP contribution is -2.45. The molecule has 3 N–H and O–H groups in total. The summed E-state index contributed by atoms with van der Waals surface area (Å²) in [5.74, 6) is 0. The van der Waals surface area contributed by atoms with E-state index in [1.807, 2.05) is 13.8 Å². The monoisotopic (exact) mass is 191 g/mol. The molecule has 0 aliphatic rings. The van der Waals surface area contributed by atoms with Gasteiger partial charge < -0.3 is 20.2 Å². The minimum atomic E-state index is -0.758. The summed E-state index contributed by atoms with van der Waals surface area (Å²) >= 11 is 0. The second-order valence-electron chi connectivity index (χ2n) is 3.44. The molecule has 0 radical (unpaired) electrons. The molecular weight excluding hydrogens is 170 g/mol. The first-order valence-corrected chi connectivity index (χ1v) is 4.73. The topological polar surface area (TPSA) is 63.9 Å². The molecule has 0 saturated heterocycles. The van der Waals surface area contributed by atoms with Gasteiger partial charge in [-0.15, -0.1) is 0 Å². The number of nitrogens with zero attached hydrogens (tertiary/aromatic N) is 1. The Balaban J connectivity index is 4.21. The van der Waals surface area contributed by atoms with Gasteiger partial charge >= 0.3 is 0 Å². The molecule has 0 heterocycles. The molecule has 0 fully saturated rings. The fourth-order valence-corrected chi connectivity index (χ4v) is 1.22. The molecule has 0 aromatic heterocycles. The fraction of sp³-hybridized carbons (Fsp3) is 1.00.